The quantitative estimate of drug-likeness (QED) is 0.421. The summed E-state index contributed by atoms with van der Waals surface area (Å²) in [7, 11) is 0. The largest absolute Gasteiger partial charge is 0.463 e. The number of fused-ring (bicyclic) bond motifs is 1. The molecule has 182 valence electrons. The second-order valence-corrected chi connectivity index (χ2v) is 7.30. The number of esters is 3. The van der Waals surface area contributed by atoms with E-state index in [0.717, 1.165) is 18.0 Å². The summed E-state index contributed by atoms with van der Waals surface area (Å²) in [4.78, 5) is 48.5. The van der Waals surface area contributed by atoms with Gasteiger partial charge in [-0.05, 0) is 6.92 Å². The van der Waals surface area contributed by atoms with E-state index >= 15 is 0 Å². The third-order valence-electron chi connectivity index (χ3n) is 4.94. The summed E-state index contributed by atoms with van der Waals surface area (Å²) in [6, 6.07) is -0.817. The summed E-state index contributed by atoms with van der Waals surface area (Å²) >= 11 is 0. The van der Waals surface area contributed by atoms with Crippen molar-refractivity contribution in [3.63, 3.8) is 0 Å². The Morgan fingerprint density at radius 1 is 1.18 bits per heavy atom. The first-order valence-corrected chi connectivity index (χ1v) is 9.94. The fraction of sp³-hybridized carbons (Fsp3) is 0.579. The highest BCUT2D eigenvalue weighted by molar-refractivity contribution is 5.97. The number of hydrogen-bond acceptors (Lipinski definition) is 9. The molecule has 14 heteroatoms. The number of allylic oxidation sites excluding steroid dienone is 1. The second kappa shape index (κ2) is 9.29. The van der Waals surface area contributed by atoms with Crippen LogP contribution in [0.3, 0.4) is 0 Å². The van der Waals surface area contributed by atoms with E-state index in [1.165, 1.54) is 13.8 Å². The smallest absolute Gasteiger partial charge is 0.431 e. The Morgan fingerprint density at radius 2 is 1.88 bits per heavy atom. The van der Waals surface area contributed by atoms with E-state index in [2.05, 4.69) is 10.6 Å². The maximum absolute atomic E-state index is 13.5. The van der Waals surface area contributed by atoms with Gasteiger partial charge in [0.15, 0.2) is 0 Å². The summed E-state index contributed by atoms with van der Waals surface area (Å²) in [5, 5.41) is 4.44. The first kappa shape index (κ1) is 24.4. The van der Waals surface area contributed by atoms with Gasteiger partial charge in [0.1, 0.15) is 36.9 Å². The molecule has 11 nitrogen and oxygen atoms in total. The lowest BCUT2D eigenvalue weighted by Crippen LogP contribution is -2.54. The van der Waals surface area contributed by atoms with Crippen molar-refractivity contribution in [3.8, 4) is 0 Å². The van der Waals surface area contributed by atoms with E-state index in [4.69, 9.17) is 18.9 Å². The van der Waals surface area contributed by atoms with E-state index in [1.807, 2.05) is 0 Å². The predicted molar refractivity (Wildman–Crippen MR) is 101 cm³/mol. The number of nitrogens with zero attached hydrogens (tertiary/aromatic N) is 1. The summed E-state index contributed by atoms with van der Waals surface area (Å²) < 4.78 is 61.1. The summed E-state index contributed by atoms with van der Waals surface area (Å²) in [5.41, 5.74) is -2.26. The number of carbonyl (C=O) groups is 4. The normalized spacial score (nSPS) is 26.8. The molecule has 0 bridgehead atoms. The Morgan fingerprint density at radius 3 is 2.45 bits per heavy atom. The third-order valence-corrected chi connectivity index (χ3v) is 4.94. The minimum atomic E-state index is -4.91. The van der Waals surface area contributed by atoms with Gasteiger partial charge in [0, 0.05) is 32.0 Å². The molecule has 0 aromatic rings. The SMILES string of the molecule is CCOC(=O)C1=C(C(F)(F)F)NC2NC(=O)N(C3CC(OC(C)=O)C(COC(C)=O)O3)C=C12. The van der Waals surface area contributed by atoms with Crippen LogP contribution in [0, 0.1) is 0 Å². The molecule has 0 aromatic heterocycles. The van der Waals surface area contributed by atoms with Crippen LogP contribution < -0.4 is 10.6 Å². The van der Waals surface area contributed by atoms with Crippen LogP contribution in [0.4, 0.5) is 18.0 Å². The van der Waals surface area contributed by atoms with Crippen molar-refractivity contribution in [3.05, 3.63) is 23.0 Å². The molecule has 2 N–H and O–H groups in total. The van der Waals surface area contributed by atoms with Crippen LogP contribution in [0.25, 0.3) is 0 Å². The molecule has 0 radical (unpaired) electrons. The number of halogens is 3. The molecule has 0 aromatic carbocycles. The number of hydrogen-bond donors (Lipinski definition) is 2. The summed E-state index contributed by atoms with van der Waals surface area (Å²) in [6.07, 6.45) is -8.09. The molecule has 0 saturated carbocycles. The fourth-order valence-corrected chi connectivity index (χ4v) is 3.66. The minimum Gasteiger partial charge on any atom is -0.463 e. The van der Waals surface area contributed by atoms with Crippen molar-refractivity contribution >= 4 is 23.9 Å². The summed E-state index contributed by atoms with van der Waals surface area (Å²) in [5.74, 6) is -2.45. The van der Waals surface area contributed by atoms with Crippen molar-refractivity contribution in [2.75, 3.05) is 13.2 Å². The summed E-state index contributed by atoms with van der Waals surface area (Å²) in [6.45, 7) is 3.35. The highest BCUT2D eigenvalue weighted by Gasteiger charge is 2.50. The number of ether oxygens (including phenoxy) is 4. The molecule has 1 fully saturated rings. The maximum Gasteiger partial charge on any atom is 0.431 e. The lowest BCUT2D eigenvalue weighted by atomic mass is 10.0. The molecule has 1 saturated heterocycles. The van der Waals surface area contributed by atoms with Crippen molar-refractivity contribution in [1.82, 2.24) is 15.5 Å². The first-order chi connectivity index (χ1) is 15.4. The van der Waals surface area contributed by atoms with Gasteiger partial charge in [-0.3, -0.25) is 14.5 Å². The van der Waals surface area contributed by atoms with Crippen molar-refractivity contribution in [1.29, 1.82) is 0 Å². The molecule has 0 spiro atoms. The molecule has 4 atom stereocenters. The van der Waals surface area contributed by atoms with E-state index in [-0.39, 0.29) is 25.2 Å². The Balaban J connectivity index is 1.91. The zero-order valence-electron chi connectivity index (χ0n) is 17.9. The number of amides is 2. The highest BCUT2D eigenvalue weighted by Crippen LogP contribution is 2.38. The molecule has 4 unspecified atom stereocenters. The van der Waals surface area contributed by atoms with E-state index in [1.54, 1.807) is 0 Å². The fourth-order valence-electron chi connectivity index (χ4n) is 3.66. The minimum absolute atomic E-state index is 0.0502. The molecule has 0 aliphatic carbocycles. The van der Waals surface area contributed by atoms with E-state index < -0.39 is 66.0 Å². The van der Waals surface area contributed by atoms with E-state index in [9.17, 15) is 32.3 Å². The molecule has 3 aliphatic heterocycles. The molecule has 3 rings (SSSR count). The van der Waals surface area contributed by atoms with Gasteiger partial charge in [0.2, 0.25) is 0 Å². The Labute approximate surface area is 185 Å². The van der Waals surface area contributed by atoms with Crippen LogP contribution in [0.15, 0.2) is 23.0 Å². The molecule has 3 heterocycles. The molecule has 3 aliphatic rings. The van der Waals surface area contributed by atoms with Gasteiger partial charge in [-0.2, -0.15) is 13.2 Å². The number of alkyl halides is 3. The number of rotatable bonds is 6. The number of carbonyl (C=O) groups excluding carboxylic acids is 4. The maximum atomic E-state index is 13.5. The van der Waals surface area contributed by atoms with Gasteiger partial charge in [0.25, 0.3) is 0 Å². The van der Waals surface area contributed by atoms with Gasteiger partial charge < -0.3 is 29.6 Å². The monoisotopic (exact) mass is 477 g/mol. The number of urea groups is 1. The zero-order chi connectivity index (χ0) is 24.5. The van der Waals surface area contributed by atoms with Crippen molar-refractivity contribution in [2.24, 2.45) is 0 Å². The molecular weight excluding hydrogens is 455 g/mol. The van der Waals surface area contributed by atoms with Gasteiger partial charge in [0.05, 0.1) is 12.2 Å². The highest BCUT2D eigenvalue weighted by atomic mass is 19.4. The van der Waals surface area contributed by atoms with Crippen LogP contribution in [-0.4, -0.2) is 72.8 Å². The van der Waals surface area contributed by atoms with Crippen LogP contribution in [0.5, 0.6) is 0 Å². The Hall–Kier alpha value is -3.29. The molecule has 2 amide bonds. The topological polar surface area (TPSA) is 132 Å². The second-order valence-electron chi connectivity index (χ2n) is 7.30. The average Bonchev–Trinajstić information content (AvgIpc) is 3.26. The standard InChI is InChI=1S/C19H22F3N3O8/c1-4-30-17(28)14-10-6-25(18(29)24-16(10)23-15(14)19(20,21)22)13-5-11(32-9(3)27)12(33-13)7-31-8(2)26/h6,11-13,16,23H,4-5,7H2,1-3H3,(H,24,29). The third kappa shape index (κ3) is 5.21. The lowest BCUT2D eigenvalue weighted by molar-refractivity contribution is -0.155. The van der Waals surface area contributed by atoms with E-state index in [0.29, 0.717) is 0 Å². The van der Waals surface area contributed by atoms with Gasteiger partial charge in [-0.1, -0.05) is 0 Å². The van der Waals surface area contributed by atoms with Crippen molar-refractivity contribution < 1.29 is 51.3 Å². The molecule has 33 heavy (non-hydrogen) atoms. The van der Waals surface area contributed by atoms with Crippen LogP contribution in [0.2, 0.25) is 0 Å². The lowest BCUT2D eigenvalue weighted by Gasteiger charge is -2.32. The van der Waals surface area contributed by atoms with Gasteiger partial charge in [-0.15, -0.1) is 0 Å². The van der Waals surface area contributed by atoms with Gasteiger partial charge in [-0.25, -0.2) is 9.59 Å². The number of nitrogens with one attached hydrogen (secondary N) is 2. The van der Waals surface area contributed by atoms with Crippen LogP contribution >= 0.6 is 0 Å². The Kier molecular flexibility index (Phi) is 6.86. The van der Waals surface area contributed by atoms with Crippen molar-refractivity contribution in [2.45, 2.75) is 58.0 Å². The van der Waals surface area contributed by atoms with Crippen LogP contribution in [0.1, 0.15) is 27.2 Å². The molecular formula is C19H22F3N3O8. The average molecular weight is 477 g/mol. The Bertz CT molecular complexity index is 916. The zero-order valence-corrected chi connectivity index (χ0v) is 17.9. The first-order valence-electron chi connectivity index (χ1n) is 9.94. The van der Waals surface area contributed by atoms with Crippen LogP contribution in [-0.2, 0) is 33.3 Å². The predicted octanol–water partition coefficient (Wildman–Crippen LogP) is 0.814. The van der Waals surface area contributed by atoms with Gasteiger partial charge >= 0.3 is 30.1 Å².